The monoisotopic (exact) mass is 327 g/mol. The van der Waals surface area contributed by atoms with Crippen LogP contribution in [0.25, 0.3) is 6.08 Å². The van der Waals surface area contributed by atoms with E-state index in [9.17, 15) is 4.79 Å². The van der Waals surface area contributed by atoms with Gasteiger partial charge in [0.25, 0.3) is 0 Å². The van der Waals surface area contributed by atoms with Gasteiger partial charge in [0.05, 0.1) is 25.3 Å². The number of benzene rings is 1. The van der Waals surface area contributed by atoms with E-state index >= 15 is 0 Å². The van der Waals surface area contributed by atoms with Crippen molar-refractivity contribution in [2.75, 3.05) is 27.4 Å². The molecular weight excluding hydrogens is 306 g/mol. The quantitative estimate of drug-likeness (QED) is 0.746. The molecule has 0 aliphatic heterocycles. The smallest absolute Gasteiger partial charge is 0.244 e. The number of halogens is 1. The molecule has 0 aliphatic rings. The van der Waals surface area contributed by atoms with Crippen molar-refractivity contribution < 1.29 is 19.0 Å². The van der Waals surface area contributed by atoms with E-state index < -0.39 is 0 Å². The first-order valence-corrected chi connectivity index (χ1v) is 7.37. The normalized spacial score (nSPS) is 12.2. The van der Waals surface area contributed by atoms with Gasteiger partial charge in [-0.15, -0.1) is 0 Å². The molecule has 122 valence electrons. The fraction of sp³-hybridized carbons (Fsp3) is 0.438. The minimum absolute atomic E-state index is 0.0550. The molecule has 0 fully saturated rings. The zero-order valence-corrected chi connectivity index (χ0v) is 14.1. The SMILES string of the molecule is CCOc1c(Cl)cc(/C=C/C(=O)NC(C)COC)cc1OC. The molecule has 0 radical (unpaired) electrons. The third-order valence-corrected chi connectivity index (χ3v) is 3.05. The van der Waals surface area contributed by atoms with Gasteiger partial charge in [-0.3, -0.25) is 4.79 Å². The third-order valence-electron chi connectivity index (χ3n) is 2.77. The van der Waals surface area contributed by atoms with E-state index in [2.05, 4.69) is 5.32 Å². The van der Waals surface area contributed by atoms with E-state index in [0.717, 1.165) is 5.56 Å². The van der Waals surface area contributed by atoms with E-state index in [1.807, 2.05) is 13.8 Å². The van der Waals surface area contributed by atoms with Crippen LogP contribution in [0, 0.1) is 0 Å². The summed E-state index contributed by atoms with van der Waals surface area (Å²) in [6.07, 6.45) is 3.11. The first-order valence-electron chi connectivity index (χ1n) is 6.99. The molecule has 0 saturated carbocycles. The van der Waals surface area contributed by atoms with E-state index in [4.69, 9.17) is 25.8 Å². The first-order chi connectivity index (χ1) is 10.5. The Bertz CT molecular complexity index is 531. The molecule has 0 saturated heterocycles. The van der Waals surface area contributed by atoms with Crippen LogP contribution in [0.4, 0.5) is 0 Å². The number of hydrogen-bond donors (Lipinski definition) is 1. The van der Waals surface area contributed by atoms with Gasteiger partial charge in [0, 0.05) is 19.2 Å². The molecule has 0 heterocycles. The third kappa shape index (κ3) is 5.58. The Labute approximate surface area is 136 Å². The highest BCUT2D eigenvalue weighted by Gasteiger charge is 2.11. The summed E-state index contributed by atoms with van der Waals surface area (Å²) in [7, 11) is 3.13. The molecule has 0 spiro atoms. The second-order valence-corrected chi connectivity index (χ2v) is 5.07. The Morgan fingerprint density at radius 2 is 2.14 bits per heavy atom. The van der Waals surface area contributed by atoms with Crippen LogP contribution >= 0.6 is 11.6 Å². The van der Waals surface area contributed by atoms with Crippen molar-refractivity contribution in [3.63, 3.8) is 0 Å². The van der Waals surface area contributed by atoms with Crippen LogP contribution in [-0.4, -0.2) is 39.4 Å². The molecular formula is C16H22ClNO4. The van der Waals surface area contributed by atoms with E-state index in [0.29, 0.717) is 29.7 Å². The van der Waals surface area contributed by atoms with Crippen molar-refractivity contribution in [2.24, 2.45) is 0 Å². The van der Waals surface area contributed by atoms with Crippen LogP contribution in [0.15, 0.2) is 18.2 Å². The topological polar surface area (TPSA) is 56.8 Å². The van der Waals surface area contributed by atoms with Gasteiger partial charge in [-0.25, -0.2) is 0 Å². The number of amides is 1. The molecule has 0 aliphatic carbocycles. The highest BCUT2D eigenvalue weighted by Crippen LogP contribution is 2.36. The predicted octanol–water partition coefficient (Wildman–Crippen LogP) is 2.91. The number of hydrogen-bond acceptors (Lipinski definition) is 4. The van der Waals surface area contributed by atoms with Crippen LogP contribution in [0.1, 0.15) is 19.4 Å². The van der Waals surface area contributed by atoms with Crippen molar-refractivity contribution >= 4 is 23.6 Å². The number of ether oxygens (including phenoxy) is 3. The highest BCUT2D eigenvalue weighted by molar-refractivity contribution is 6.32. The second-order valence-electron chi connectivity index (χ2n) is 4.67. The molecule has 6 heteroatoms. The van der Waals surface area contributed by atoms with Gasteiger partial charge in [0.2, 0.25) is 5.91 Å². The van der Waals surface area contributed by atoms with Crippen molar-refractivity contribution in [1.82, 2.24) is 5.32 Å². The predicted molar refractivity (Wildman–Crippen MR) is 87.7 cm³/mol. The lowest BCUT2D eigenvalue weighted by Gasteiger charge is -2.12. The van der Waals surface area contributed by atoms with E-state index in [1.54, 1.807) is 32.4 Å². The standard InChI is InChI=1S/C16H22ClNO4/c1-5-22-16-13(17)8-12(9-14(16)21-4)6-7-15(19)18-11(2)10-20-3/h6-9,11H,5,10H2,1-4H3,(H,18,19)/b7-6+. The zero-order valence-electron chi connectivity index (χ0n) is 13.3. The number of carbonyl (C=O) groups is 1. The minimum Gasteiger partial charge on any atom is -0.493 e. The fourth-order valence-corrected chi connectivity index (χ4v) is 2.15. The lowest BCUT2D eigenvalue weighted by molar-refractivity contribution is -0.117. The molecule has 1 atom stereocenters. The fourth-order valence-electron chi connectivity index (χ4n) is 1.87. The maximum absolute atomic E-state index is 11.8. The molecule has 22 heavy (non-hydrogen) atoms. The maximum Gasteiger partial charge on any atom is 0.244 e. The summed E-state index contributed by atoms with van der Waals surface area (Å²) in [6.45, 7) is 4.69. The minimum atomic E-state index is -0.200. The average molecular weight is 328 g/mol. The Kier molecular flexibility index (Phi) is 7.77. The van der Waals surface area contributed by atoms with Crippen LogP contribution in [0.5, 0.6) is 11.5 Å². The van der Waals surface area contributed by atoms with Crippen molar-refractivity contribution in [2.45, 2.75) is 19.9 Å². The summed E-state index contributed by atoms with van der Waals surface area (Å²) < 4.78 is 15.7. The van der Waals surface area contributed by atoms with Crippen molar-refractivity contribution in [1.29, 1.82) is 0 Å². The van der Waals surface area contributed by atoms with Crippen molar-refractivity contribution in [3.8, 4) is 11.5 Å². The highest BCUT2D eigenvalue weighted by atomic mass is 35.5. The summed E-state index contributed by atoms with van der Waals surface area (Å²) in [5.74, 6) is 0.831. The van der Waals surface area contributed by atoms with E-state index in [-0.39, 0.29) is 11.9 Å². The summed E-state index contributed by atoms with van der Waals surface area (Å²) in [4.78, 5) is 11.8. The number of nitrogens with one attached hydrogen (secondary N) is 1. The van der Waals surface area contributed by atoms with E-state index in [1.165, 1.54) is 6.08 Å². The Morgan fingerprint density at radius 3 is 2.73 bits per heavy atom. The summed E-state index contributed by atoms with van der Waals surface area (Å²) in [5.41, 5.74) is 0.750. The van der Waals surface area contributed by atoms with Crippen molar-refractivity contribution in [3.05, 3.63) is 28.8 Å². The van der Waals surface area contributed by atoms with Gasteiger partial charge < -0.3 is 19.5 Å². The largest absolute Gasteiger partial charge is 0.493 e. The van der Waals surface area contributed by atoms with Gasteiger partial charge in [-0.05, 0) is 37.6 Å². The Hall–Kier alpha value is -1.72. The molecule has 5 nitrogen and oxygen atoms in total. The van der Waals surface area contributed by atoms with Gasteiger partial charge >= 0.3 is 0 Å². The van der Waals surface area contributed by atoms with Gasteiger partial charge in [-0.2, -0.15) is 0 Å². The number of carbonyl (C=O) groups excluding carboxylic acids is 1. The lowest BCUT2D eigenvalue weighted by Crippen LogP contribution is -2.34. The lowest BCUT2D eigenvalue weighted by atomic mass is 10.2. The summed E-state index contributed by atoms with van der Waals surface area (Å²) in [6, 6.07) is 3.43. The van der Waals surface area contributed by atoms with Crippen LogP contribution < -0.4 is 14.8 Å². The van der Waals surface area contributed by atoms with Gasteiger partial charge in [0.1, 0.15) is 0 Å². The molecule has 1 aromatic rings. The average Bonchev–Trinajstić information content (AvgIpc) is 2.47. The second kappa shape index (κ2) is 9.33. The zero-order chi connectivity index (χ0) is 16.5. The van der Waals surface area contributed by atoms with Crippen LogP contribution in [-0.2, 0) is 9.53 Å². The van der Waals surface area contributed by atoms with Crippen LogP contribution in [0.2, 0.25) is 5.02 Å². The number of methoxy groups -OCH3 is 2. The summed E-state index contributed by atoms with van der Waals surface area (Å²) in [5, 5.41) is 3.23. The molecule has 0 bridgehead atoms. The molecule has 1 amide bonds. The number of rotatable bonds is 8. The van der Waals surface area contributed by atoms with Gasteiger partial charge in [0.15, 0.2) is 11.5 Å². The molecule has 1 rings (SSSR count). The van der Waals surface area contributed by atoms with Crippen LogP contribution in [0.3, 0.4) is 0 Å². The Balaban J connectivity index is 2.83. The first kappa shape index (κ1) is 18.3. The Morgan fingerprint density at radius 1 is 1.41 bits per heavy atom. The molecule has 1 N–H and O–H groups in total. The molecule has 1 unspecified atom stereocenters. The van der Waals surface area contributed by atoms with Gasteiger partial charge in [-0.1, -0.05) is 11.6 Å². The molecule has 1 aromatic carbocycles. The summed E-state index contributed by atoms with van der Waals surface area (Å²) >= 11 is 6.18. The molecule has 0 aromatic heterocycles. The maximum atomic E-state index is 11.8.